The summed E-state index contributed by atoms with van der Waals surface area (Å²) in [5.74, 6) is -0.575. The molecule has 6 rings (SSSR count). The third-order valence-electron chi connectivity index (χ3n) is 6.08. The molecule has 6 aromatic rings. The van der Waals surface area contributed by atoms with Gasteiger partial charge >= 0.3 is 11.3 Å². The van der Waals surface area contributed by atoms with Gasteiger partial charge in [0.05, 0.1) is 21.9 Å². The highest BCUT2D eigenvalue weighted by atomic mass is 16.4. The number of aromatic hydroxyl groups is 2. The van der Waals surface area contributed by atoms with Crippen molar-refractivity contribution >= 4 is 43.5 Å². The van der Waals surface area contributed by atoms with Crippen LogP contribution in [-0.2, 0) is 6.42 Å². The summed E-state index contributed by atoms with van der Waals surface area (Å²) >= 11 is 0. The van der Waals surface area contributed by atoms with Gasteiger partial charge in [-0.15, -0.1) is 0 Å². The van der Waals surface area contributed by atoms with Gasteiger partial charge in [0.15, 0.2) is 0 Å². The zero-order valence-corrected chi connectivity index (χ0v) is 17.2. The van der Waals surface area contributed by atoms with E-state index in [1.54, 1.807) is 24.3 Å². The summed E-state index contributed by atoms with van der Waals surface area (Å²) in [7, 11) is 0. The van der Waals surface area contributed by atoms with Gasteiger partial charge < -0.3 is 19.0 Å². The van der Waals surface area contributed by atoms with E-state index in [0.29, 0.717) is 21.5 Å². The Kier molecular flexibility index (Phi) is 4.04. The Morgan fingerprint density at radius 3 is 1.42 bits per heavy atom. The van der Waals surface area contributed by atoms with Crippen LogP contribution in [0.5, 0.6) is 11.5 Å². The van der Waals surface area contributed by atoms with Crippen LogP contribution < -0.4 is 11.3 Å². The molecule has 0 fully saturated rings. The lowest BCUT2D eigenvalue weighted by Crippen LogP contribution is -2.14. The third-order valence-corrected chi connectivity index (χ3v) is 6.08. The largest absolute Gasteiger partial charge is 0.507 e. The molecule has 0 radical (unpaired) electrons. The van der Waals surface area contributed by atoms with Crippen LogP contribution in [0.2, 0.25) is 0 Å². The molecule has 2 heterocycles. The summed E-state index contributed by atoms with van der Waals surface area (Å²) in [4.78, 5) is 25.6. The van der Waals surface area contributed by atoms with E-state index in [1.807, 2.05) is 48.5 Å². The molecule has 0 aliphatic rings. The summed E-state index contributed by atoms with van der Waals surface area (Å²) in [6.45, 7) is 0. The lowest BCUT2D eigenvalue weighted by Gasteiger charge is -2.10. The van der Waals surface area contributed by atoms with Crippen LogP contribution in [0.1, 0.15) is 11.1 Å². The lowest BCUT2D eigenvalue weighted by molar-refractivity contribution is 0.449. The first-order valence-corrected chi connectivity index (χ1v) is 10.4. The zero-order valence-electron chi connectivity index (χ0n) is 17.2. The van der Waals surface area contributed by atoms with Crippen LogP contribution in [0, 0.1) is 0 Å². The van der Waals surface area contributed by atoms with E-state index in [9.17, 15) is 19.8 Å². The average Bonchev–Trinajstić information content (AvgIpc) is 2.83. The van der Waals surface area contributed by atoms with Gasteiger partial charge in [-0.05, 0) is 22.9 Å². The van der Waals surface area contributed by atoms with Crippen molar-refractivity contribution in [3.8, 4) is 11.5 Å². The van der Waals surface area contributed by atoms with E-state index in [2.05, 4.69) is 0 Å². The maximum atomic E-state index is 12.8. The van der Waals surface area contributed by atoms with Gasteiger partial charge in [-0.1, -0.05) is 60.7 Å². The lowest BCUT2D eigenvalue weighted by atomic mass is 10.00. The molecule has 2 aromatic heterocycles. The molecule has 0 unspecified atom stereocenters. The Morgan fingerprint density at radius 1 is 0.545 bits per heavy atom. The predicted octanol–water partition coefficient (Wildman–Crippen LogP) is 5.21. The molecule has 0 saturated heterocycles. The predicted molar refractivity (Wildman–Crippen MR) is 126 cm³/mol. The molecule has 0 aliphatic heterocycles. The second-order valence-electron chi connectivity index (χ2n) is 7.94. The first-order chi connectivity index (χ1) is 16.0. The summed E-state index contributed by atoms with van der Waals surface area (Å²) in [6.07, 6.45) is -0.339. The summed E-state index contributed by atoms with van der Waals surface area (Å²) in [5, 5.41) is 25.6. The smallest absolute Gasteiger partial charge is 0.343 e. The van der Waals surface area contributed by atoms with E-state index in [-0.39, 0.29) is 40.2 Å². The van der Waals surface area contributed by atoms with Crippen molar-refractivity contribution in [3.63, 3.8) is 0 Å². The molecule has 0 bridgehead atoms. The van der Waals surface area contributed by atoms with E-state index in [1.165, 1.54) is 0 Å². The van der Waals surface area contributed by atoms with Crippen molar-refractivity contribution in [3.05, 3.63) is 105 Å². The second-order valence-corrected chi connectivity index (χ2v) is 7.94. The van der Waals surface area contributed by atoms with Crippen LogP contribution in [0.15, 0.2) is 91.2 Å². The van der Waals surface area contributed by atoms with E-state index in [4.69, 9.17) is 8.83 Å². The van der Waals surface area contributed by atoms with Crippen molar-refractivity contribution < 1.29 is 19.0 Å². The maximum absolute atomic E-state index is 12.8. The minimum atomic E-state index is -0.784. The Hall–Kier alpha value is -4.58. The van der Waals surface area contributed by atoms with Gasteiger partial charge in [-0.25, -0.2) is 9.59 Å². The van der Waals surface area contributed by atoms with Crippen LogP contribution in [0.25, 0.3) is 43.5 Å². The number of benzene rings is 4. The second kappa shape index (κ2) is 6.97. The number of rotatable bonds is 2. The van der Waals surface area contributed by atoms with Crippen molar-refractivity contribution in [2.45, 2.75) is 6.42 Å². The molecule has 0 saturated carbocycles. The van der Waals surface area contributed by atoms with Gasteiger partial charge in [-0.3, -0.25) is 0 Å². The fourth-order valence-electron chi connectivity index (χ4n) is 4.39. The average molecular weight is 436 g/mol. The summed E-state index contributed by atoms with van der Waals surface area (Å²) in [6, 6.07) is 21.7. The fraction of sp³-hybridized carbons (Fsp3) is 0.0370. The van der Waals surface area contributed by atoms with Gasteiger partial charge in [-0.2, -0.15) is 0 Å². The molecule has 6 nitrogen and oxygen atoms in total. The molecule has 0 spiro atoms. The number of hydrogen-bond donors (Lipinski definition) is 2. The highest BCUT2D eigenvalue weighted by Gasteiger charge is 2.22. The topological polar surface area (TPSA) is 101 Å². The van der Waals surface area contributed by atoms with Crippen LogP contribution in [0.4, 0.5) is 0 Å². The molecular weight excluding hydrogens is 420 g/mol. The summed E-state index contributed by atoms with van der Waals surface area (Å²) in [5.41, 5.74) is -1.29. The molecule has 4 aromatic carbocycles. The first kappa shape index (κ1) is 19.1. The minimum Gasteiger partial charge on any atom is -0.507 e. The SMILES string of the molecule is O=c1oc2c(ccc3ccccc32)c(O)c1Cc1c(O)c2ccc3ccccc3c2oc1=O. The van der Waals surface area contributed by atoms with Crippen molar-refractivity contribution in [1.29, 1.82) is 0 Å². The molecule has 33 heavy (non-hydrogen) atoms. The molecular formula is C27H16O6. The Labute approximate surface area is 185 Å². The third kappa shape index (κ3) is 2.81. The molecule has 0 atom stereocenters. The monoisotopic (exact) mass is 436 g/mol. The van der Waals surface area contributed by atoms with Crippen molar-refractivity contribution in [1.82, 2.24) is 0 Å². The van der Waals surface area contributed by atoms with E-state index < -0.39 is 11.3 Å². The molecule has 0 amide bonds. The Morgan fingerprint density at radius 2 is 0.970 bits per heavy atom. The first-order valence-electron chi connectivity index (χ1n) is 10.4. The normalized spacial score (nSPS) is 11.6. The van der Waals surface area contributed by atoms with Crippen LogP contribution in [-0.4, -0.2) is 10.2 Å². The molecule has 6 heteroatoms. The zero-order chi connectivity index (χ0) is 22.7. The maximum Gasteiger partial charge on any atom is 0.343 e. The highest BCUT2D eigenvalue weighted by Crippen LogP contribution is 2.36. The highest BCUT2D eigenvalue weighted by molar-refractivity contribution is 6.07. The quantitative estimate of drug-likeness (QED) is 0.286. The fourth-order valence-corrected chi connectivity index (χ4v) is 4.39. The van der Waals surface area contributed by atoms with Gasteiger partial charge in [0, 0.05) is 17.2 Å². The molecule has 0 aliphatic carbocycles. The van der Waals surface area contributed by atoms with E-state index >= 15 is 0 Å². The Balaban J connectivity index is 1.57. The van der Waals surface area contributed by atoms with Crippen molar-refractivity contribution in [2.24, 2.45) is 0 Å². The van der Waals surface area contributed by atoms with Gasteiger partial charge in [0.25, 0.3) is 0 Å². The van der Waals surface area contributed by atoms with Gasteiger partial charge in [0.2, 0.25) is 0 Å². The minimum absolute atomic E-state index is 0.125. The van der Waals surface area contributed by atoms with Crippen LogP contribution in [0.3, 0.4) is 0 Å². The van der Waals surface area contributed by atoms with E-state index in [0.717, 1.165) is 10.8 Å². The van der Waals surface area contributed by atoms with Gasteiger partial charge in [0.1, 0.15) is 22.7 Å². The standard InChI is InChI=1S/C27H16O6/c28-22-18-11-9-14-5-1-3-7-16(14)24(18)32-26(30)20(22)13-21-23(29)19-12-10-15-6-2-4-8-17(15)25(19)33-27(21)31/h1-12,28-29H,13H2. The van der Waals surface area contributed by atoms with Crippen LogP contribution >= 0.6 is 0 Å². The summed E-state index contributed by atoms with van der Waals surface area (Å²) < 4.78 is 11.1. The molecule has 2 N–H and O–H groups in total. The van der Waals surface area contributed by atoms with Crippen molar-refractivity contribution in [2.75, 3.05) is 0 Å². The molecule has 160 valence electrons. The Bertz CT molecular complexity index is 1720. The number of hydrogen-bond acceptors (Lipinski definition) is 6. The number of fused-ring (bicyclic) bond motifs is 6.